The van der Waals surface area contributed by atoms with Crippen molar-refractivity contribution < 1.29 is 17.4 Å². The molecule has 0 fully saturated rings. The maximum atomic E-state index is 12.6. The number of amides is 1. The number of nitrogens with zero attached hydrogens (tertiary/aromatic N) is 1. The van der Waals surface area contributed by atoms with Crippen LogP contribution in [0.1, 0.15) is 38.3 Å². The first kappa shape index (κ1) is 21.3. The second kappa shape index (κ2) is 8.76. The van der Waals surface area contributed by atoms with Crippen LogP contribution < -0.4 is 4.18 Å². The summed E-state index contributed by atoms with van der Waals surface area (Å²) in [6, 6.07) is 11.6. The molecule has 0 saturated carbocycles. The van der Waals surface area contributed by atoms with E-state index in [1.807, 2.05) is 13.8 Å². The monoisotopic (exact) mass is 409 g/mol. The van der Waals surface area contributed by atoms with Crippen molar-refractivity contribution in [1.82, 2.24) is 4.90 Å². The number of rotatable bonds is 7. The molecule has 0 bridgehead atoms. The maximum Gasteiger partial charge on any atom is 0.340 e. The summed E-state index contributed by atoms with van der Waals surface area (Å²) in [5, 5.41) is 0.122. The molecule has 0 radical (unpaired) electrons. The molecule has 5 nitrogen and oxygen atoms in total. The first-order valence-corrected chi connectivity index (χ1v) is 10.5. The van der Waals surface area contributed by atoms with Crippen molar-refractivity contribution in [2.75, 3.05) is 0 Å². The van der Waals surface area contributed by atoms with Crippen molar-refractivity contribution in [1.29, 1.82) is 0 Å². The van der Waals surface area contributed by atoms with Gasteiger partial charge in [0.1, 0.15) is 10.6 Å². The van der Waals surface area contributed by atoms with Gasteiger partial charge in [0.05, 0.1) is 5.02 Å². The standard InChI is InChI=1S/C20H24ClNO4S/c1-5-15(3)22(16(4)23)13-17-9-11-18(12-10-17)26-27(24,25)20-14(2)7-6-8-19(20)21/h6-12,15H,5,13H2,1-4H3/t15-/m0/s1. The SMILES string of the molecule is CC[C@H](C)N(Cc1ccc(OS(=O)(=O)c2c(C)cccc2Cl)cc1)C(C)=O. The number of hydrogen-bond donors (Lipinski definition) is 0. The molecular weight excluding hydrogens is 386 g/mol. The first-order chi connectivity index (χ1) is 12.7. The third kappa shape index (κ3) is 5.23. The largest absolute Gasteiger partial charge is 0.379 e. The van der Waals surface area contributed by atoms with Gasteiger partial charge in [-0.1, -0.05) is 42.8 Å². The van der Waals surface area contributed by atoms with E-state index in [0.29, 0.717) is 12.1 Å². The Kier molecular flexibility index (Phi) is 6.89. The van der Waals surface area contributed by atoms with Gasteiger partial charge in [0.15, 0.2) is 0 Å². The van der Waals surface area contributed by atoms with Crippen molar-refractivity contribution in [3.63, 3.8) is 0 Å². The number of aryl methyl sites for hydroxylation is 1. The van der Waals surface area contributed by atoms with Gasteiger partial charge < -0.3 is 9.08 Å². The fraction of sp³-hybridized carbons (Fsp3) is 0.350. The smallest absolute Gasteiger partial charge is 0.340 e. The van der Waals surface area contributed by atoms with Crippen molar-refractivity contribution >= 4 is 27.6 Å². The molecule has 0 spiro atoms. The van der Waals surface area contributed by atoms with Crippen LogP contribution in [0.3, 0.4) is 0 Å². The molecule has 0 saturated heterocycles. The molecular formula is C20H24ClNO4S. The Bertz CT molecular complexity index is 890. The average Bonchev–Trinajstić information content (AvgIpc) is 2.59. The lowest BCUT2D eigenvalue weighted by atomic mass is 10.1. The number of halogens is 1. The molecule has 0 aromatic heterocycles. The summed E-state index contributed by atoms with van der Waals surface area (Å²) in [6.07, 6.45) is 0.857. The van der Waals surface area contributed by atoms with Gasteiger partial charge in [-0.15, -0.1) is 0 Å². The van der Waals surface area contributed by atoms with E-state index in [9.17, 15) is 13.2 Å². The molecule has 146 valence electrons. The number of carbonyl (C=O) groups excluding carboxylic acids is 1. The number of benzene rings is 2. The highest BCUT2D eigenvalue weighted by Gasteiger charge is 2.23. The molecule has 2 rings (SSSR count). The summed E-state index contributed by atoms with van der Waals surface area (Å²) >= 11 is 6.04. The second-order valence-electron chi connectivity index (χ2n) is 6.47. The number of hydrogen-bond acceptors (Lipinski definition) is 4. The Balaban J connectivity index is 2.19. The van der Waals surface area contributed by atoms with Crippen LogP contribution in [0, 0.1) is 6.92 Å². The van der Waals surface area contributed by atoms with Crippen molar-refractivity contribution in [2.45, 2.75) is 51.6 Å². The Morgan fingerprint density at radius 1 is 1.19 bits per heavy atom. The van der Waals surface area contributed by atoms with Gasteiger partial charge in [0, 0.05) is 19.5 Å². The lowest BCUT2D eigenvalue weighted by Crippen LogP contribution is -2.36. The van der Waals surface area contributed by atoms with E-state index >= 15 is 0 Å². The summed E-state index contributed by atoms with van der Waals surface area (Å²) < 4.78 is 30.4. The van der Waals surface area contributed by atoms with Crippen LogP contribution in [0.25, 0.3) is 0 Å². The third-order valence-corrected chi connectivity index (χ3v) is 6.30. The van der Waals surface area contributed by atoms with Crippen LogP contribution >= 0.6 is 11.6 Å². The van der Waals surface area contributed by atoms with E-state index < -0.39 is 10.1 Å². The Morgan fingerprint density at radius 2 is 1.81 bits per heavy atom. The highest BCUT2D eigenvalue weighted by Crippen LogP contribution is 2.28. The lowest BCUT2D eigenvalue weighted by Gasteiger charge is -2.27. The molecule has 0 aliphatic carbocycles. The fourth-order valence-electron chi connectivity index (χ4n) is 2.75. The van der Waals surface area contributed by atoms with Gasteiger partial charge >= 0.3 is 10.1 Å². The topological polar surface area (TPSA) is 63.7 Å². The van der Waals surface area contributed by atoms with Gasteiger partial charge in [-0.25, -0.2) is 0 Å². The molecule has 27 heavy (non-hydrogen) atoms. The minimum absolute atomic E-state index is 0.00134. The fourth-order valence-corrected chi connectivity index (χ4v) is 4.47. The Hall–Kier alpha value is -2.05. The van der Waals surface area contributed by atoms with E-state index in [4.69, 9.17) is 15.8 Å². The lowest BCUT2D eigenvalue weighted by molar-refractivity contribution is -0.131. The van der Waals surface area contributed by atoms with Crippen molar-refractivity contribution in [3.05, 3.63) is 58.6 Å². The van der Waals surface area contributed by atoms with Gasteiger partial charge in [0.25, 0.3) is 0 Å². The summed E-state index contributed by atoms with van der Waals surface area (Å²) in [5.74, 6) is 0.192. The summed E-state index contributed by atoms with van der Waals surface area (Å²) in [5.41, 5.74) is 1.41. The van der Waals surface area contributed by atoms with Gasteiger partial charge in [-0.3, -0.25) is 4.79 Å². The van der Waals surface area contributed by atoms with E-state index in [-0.39, 0.29) is 27.6 Å². The van der Waals surface area contributed by atoms with E-state index in [1.54, 1.807) is 55.1 Å². The average molecular weight is 410 g/mol. The number of carbonyl (C=O) groups is 1. The summed E-state index contributed by atoms with van der Waals surface area (Å²) in [6.45, 7) is 7.69. The van der Waals surface area contributed by atoms with Crippen LogP contribution in [0.5, 0.6) is 5.75 Å². The molecule has 2 aromatic rings. The minimum atomic E-state index is -4.04. The molecule has 0 unspecified atom stereocenters. The van der Waals surface area contributed by atoms with Crippen LogP contribution in [0.4, 0.5) is 0 Å². The third-order valence-electron chi connectivity index (χ3n) is 4.42. The van der Waals surface area contributed by atoms with E-state index in [1.165, 1.54) is 6.07 Å². The van der Waals surface area contributed by atoms with Gasteiger partial charge in [0.2, 0.25) is 5.91 Å². The predicted molar refractivity (Wildman–Crippen MR) is 106 cm³/mol. The molecule has 0 heterocycles. The summed E-state index contributed by atoms with van der Waals surface area (Å²) in [4.78, 5) is 13.6. The zero-order valence-corrected chi connectivity index (χ0v) is 17.5. The highest BCUT2D eigenvalue weighted by atomic mass is 35.5. The zero-order chi connectivity index (χ0) is 20.2. The normalized spacial score (nSPS) is 12.5. The van der Waals surface area contributed by atoms with E-state index in [2.05, 4.69) is 0 Å². The molecule has 0 N–H and O–H groups in total. The maximum absolute atomic E-state index is 12.6. The van der Waals surface area contributed by atoms with Crippen LogP contribution in [0.2, 0.25) is 5.02 Å². The quantitative estimate of drug-likeness (QED) is 0.628. The van der Waals surface area contributed by atoms with Crippen molar-refractivity contribution in [2.24, 2.45) is 0 Å². The summed E-state index contributed by atoms with van der Waals surface area (Å²) in [7, 11) is -4.04. The van der Waals surface area contributed by atoms with Crippen LogP contribution in [-0.2, 0) is 21.5 Å². The van der Waals surface area contributed by atoms with Crippen LogP contribution in [0.15, 0.2) is 47.4 Å². The van der Waals surface area contributed by atoms with Gasteiger partial charge in [-0.05, 0) is 49.6 Å². The molecule has 1 amide bonds. The van der Waals surface area contributed by atoms with Crippen LogP contribution in [-0.4, -0.2) is 25.3 Å². The zero-order valence-electron chi connectivity index (χ0n) is 15.9. The molecule has 1 atom stereocenters. The molecule has 0 aliphatic heterocycles. The van der Waals surface area contributed by atoms with Crippen molar-refractivity contribution in [3.8, 4) is 5.75 Å². The van der Waals surface area contributed by atoms with Gasteiger partial charge in [-0.2, -0.15) is 8.42 Å². The molecule has 2 aromatic carbocycles. The molecule has 7 heteroatoms. The Labute approximate surface area is 166 Å². The van der Waals surface area contributed by atoms with E-state index in [0.717, 1.165) is 12.0 Å². The predicted octanol–water partition coefficient (Wildman–Crippen LogP) is 4.56. The first-order valence-electron chi connectivity index (χ1n) is 8.71. The Morgan fingerprint density at radius 3 is 2.33 bits per heavy atom. The molecule has 0 aliphatic rings. The minimum Gasteiger partial charge on any atom is -0.379 e. The second-order valence-corrected chi connectivity index (χ2v) is 8.36. The highest BCUT2D eigenvalue weighted by molar-refractivity contribution is 7.87.